The lowest BCUT2D eigenvalue weighted by Gasteiger charge is -2.13. The number of aromatic amines is 1. The van der Waals surface area contributed by atoms with Crippen molar-refractivity contribution < 1.29 is 4.74 Å². The largest absolute Gasteiger partial charge is 0.488 e. The van der Waals surface area contributed by atoms with Gasteiger partial charge in [-0.2, -0.15) is 5.10 Å². The molecule has 0 spiro atoms. The van der Waals surface area contributed by atoms with Gasteiger partial charge in [-0.05, 0) is 41.5 Å². The van der Waals surface area contributed by atoms with Gasteiger partial charge in [0.15, 0.2) is 0 Å². The van der Waals surface area contributed by atoms with Crippen LogP contribution < -0.4 is 4.74 Å². The van der Waals surface area contributed by atoms with Crippen LogP contribution in [-0.4, -0.2) is 10.2 Å². The van der Waals surface area contributed by atoms with E-state index in [-0.39, 0.29) is 0 Å². The van der Waals surface area contributed by atoms with Crippen molar-refractivity contribution in [3.8, 4) is 28.3 Å². The quantitative estimate of drug-likeness (QED) is 0.353. The van der Waals surface area contributed by atoms with Crippen LogP contribution in [0.4, 0.5) is 0 Å². The Labute approximate surface area is 173 Å². The fourth-order valence-electron chi connectivity index (χ4n) is 3.59. The minimum absolute atomic E-state index is 0.517. The summed E-state index contributed by atoms with van der Waals surface area (Å²) in [5, 5.41) is 12.2. The average Bonchev–Trinajstić information content (AvgIpc) is 3.41. The Hall–Kier alpha value is -3.37. The third-order valence-corrected chi connectivity index (χ3v) is 5.95. The molecule has 3 nitrogen and oxygen atoms in total. The number of fused-ring (bicyclic) bond motifs is 1. The third-order valence-electron chi connectivity index (χ3n) is 5.11. The zero-order valence-corrected chi connectivity index (χ0v) is 16.9. The molecule has 5 rings (SSSR count). The number of thiophene rings is 1. The van der Waals surface area contributed by atoms with Crippen molar-refractivity contribution >= 4 is 22.1 Å². The highest BCUT2D eigenvalue weighted by Crippen LogP contribution is 2.38. The van der Waals surface area contributed by atoms with Gasteiger partial charge in [-0.25, -0.2) is 0 Å². The molecule has 0 aliphatic rings. The molecule has 0 saturated heterocycles. The number of nitrogens with zero attached hydrogens (tertiary/aromatic N) is 1. The first-order valence-corrected chi connectivity index (χ1v) is 10.5. The van der Waals surface area contributed by atoms with Crippen LogP contribution >= 0.6 is 11.3 Å². The summed E-state index contributed by atoms with van der Waals surface area (Å²) < 4.78 is 6.36. The zero-order chi connectivity index (χ0) is 19.6. The van der Waals surface area contributed by atoms with Gasteiger partial charge in [0.2, 0.25) is 0 Å². The fourth-order valence-corrected chi connectivity index (χ4v) is 4.31. The van der Waals surface area contributed by atoms with Crippen LogP contribution in [-0.2, 0) is 6.61 Å². The van der Waals surface area contributed by atoms with Crippen LogP contribution in [0, 0.1) is 6.92 Å². The zero-order valence-electron chi connectivity index (χ0n) is 16.1. The Bertz CT molecular complexity index is 1270. The van der Waals surface area contributed by atoms with E-state index in [2.05, 4.69) is 77.1 Å². The highest BCUT2D eigenvalue weighted by molar-refractivity contribution is 7.10. The molecule has 0 saturated carbocycles. The smallest absolute Gasteiger partial charge is 0.137 e. The maximum Gasteiger partial charge on any atom is 0.137 e. The Kier molecular flexibility index (Phi) is 4.62. The predicted molar refractivity (Wildman–Crippen MR) is 120 cm³/mol. The summed E-state index contributed by atoms with van der Waals surface area (Å²) in [6, 6.07) is 27.0. The van der Waals surface area contributed by atoms with Crippen molar-refractivity contribution in [2.45, 2.75) is 13.5 Å². The Morgan fingerprint density at radius 1 is 0.897 bits per heavy atom. The standard InChI is InChI=1S/C25H20N2OS/c1-17-20(13-14-29-17)23-15-24(27-26-23)22-12-11-19-9-5-6-10-21(19)25(22)28-16-18-7-3-2-4-8-18/h2-15H,16H2,1H3,(H,26,27). The number of benzene rings is 3. The summed E-state index contributed by atoms with van der Waals surface area (Å²) in [5.74, 6) is 0.868. The van der Waals surface area contributed by atoms with Crippen molar-refractivity contribution in [3.63, 3.8) is 0 Å². The van der Waals surface area contributed by atoms with Gasteiger partial charge < -0.3 is 4.74 Å². The number of aryl methyl sites for hydroxylation is 1. The second-order valence-electron chi connectivity index (χ2n) is 6.99. The fraction of sp³-hybridized carbons (Fsp3) is 0.0800. The summed E-state index contributed by atoms with van der Waals surface area (Å²) in [5.41, 5.74) is 5.25. The minimum atomic E-state index is 0.517. The minimum Gasteiger partial charge on any atom is -0.488 e. The van der Waals surface area contributed by atoms with Crippen LogP contribution in [0.2, 0.25) is 0 Å². The number of H-pyrrole nitrogens is 1. The maximum absolute atomic E-state index is 6.36. The number of nitrogens with one attached hydrogen (secondary N) is 1. The van der Waals surface area contributed by atoms with Gasteiger partial charge in [-0.15, -0.1) is 11.3 Å². The molecule has 0 atom stereocenters. The summed E-state index contributed by atoms with van der Waals surface area (Å²) in [4.78, 5) is 1.28. The molecule has 4 heteroatoms. The normalized spacial score (nSPS) is 11.1. The first-order chi connectivity index (χ1) is 14.3. The molecular formula is C25H20N2OS. The van der Waals surface area contributed by atoms with Gasteiger partial charge in [0.1, 0.15) is 12.4 Å². The first kappa shape index (κ1) is 17.7. The van der Waals surface area contributed by atoms with Crippen molar-refractivity contribution in [3.05, 3.63) is 94.7 Å². The monoisotopic (exact) mass is 396 g/mol. The van der Waals surface area contributed by atoms with Crippen LogP contribution in [0.3, 0.4) is 0 Å². The average molecular weight is 397 g/mol. The van der Waals surface area contributed by atoms with Gasteiger partial charge in [0.05, 0.1) is 11.4 Å². The number of rotatable bonds is 5. The number of aromatic nitrogens is 2. The number of hydrogen-bond donors (Lipinski definition) is 1. The third kappa shape index (κ3) is 3.43. The van der Waals surface area contributed by atoms with E-state index in [4.69, 9.17) is 4.74 Å². The summed E-state index contributed by atoms with van der Waals surface area (Å²) in [6.07, 6.45) is 0. The molecule has 3 aromatic carbocycles. The van der Waals surface area contributed by atoms with E-state index < -0.39 is 0 Å². The highest BCUT2D eigenvalue weighted by atomic mass is 32.1. The lowest BCUT2D eigenvalue weighted by Crippen LogP contribution is -1.98. The lowest BCUT2D eigenvalue weighted by molar-refractivity contribution is 0.311. The lowest BCUT2D eigenvalue weighted by atomic mass is 10.0. The number of hydrogen-bond acceptors (Lipinski definition) is 3. The van der Waals surface area contributed by atoms with E-state index in [0.717, 1.165) is 39.0 Å². The second kappa shape index (κ2) is 7.57. The molecule has 142 valence electrons. The van der Waals surface area contributed by atoms with Crippen LogP contribution in [0.1, 0.15) is 10.4 Å². The van der Waals surface area contributed by atoms with E-state index in [9.17, 15) is 0 Å². The molecule has 0 radical (unpaired) electrons. The molecule has 29 heavy (non-hydrogen) atoms. The van der Waals surface area contributed by atoms with Crippen LogP contribution in [0.15, 0.2) is 84.2 Å². The van der Waals surface area contributed by atoms with Crippen molar-refractivity contribution in [1.29, 1.82) is 0 Å². The molecule has 5 aromatic rings. The van der Waals surface area contributed by atoms with Crippen LogP contribution in [0.5, 0.6) is 5.75 Å². The highest BCUT2D eigenvalue weighted by Gasteiger charge is 2.15. The molecule has 0 unspecified atom stereocenters. The first-order valence-electron chi connectivity index (χ1n) is 9.58. The molecule has 0 aliphatic heterocycles. The Balaban J connectivity index is 1.58. The molecule has 0 bridgehead atoms. The van der Waals surface area contributed by atoms with Crippen molar-refractivity contribution in [1.82, 2.24) is 10.2 Å². The second-order valence-corrected chi connectivity index (χ2v) is 8.12. The maximum atomic E-state index is 6.36. The SMILES string of the molecule is Cc1sccc1-c1cc(-c2ccc3ccccc3c2OCc2ccccc2)n[nH]1. The van der Waals surface area contributed by atoms with Gasteiger partial charge >= 0.3 is 0 Å². The van der Waals surface area contributed by atoms with E-state index in [1.54, 1.807) is 11.3 Å². The van der Waals surface area contributed by atoms with Gasteiger partial charge in [-0.3, -0.25) is 5.10 Å². The Morgan fingerprint density at radius 2 is 1.72 bits per heavy atom. The molecule has 0 aliphatic carbocycles. The topological polar surface area (TPSA) is 37.9 Å². The molecule has 2 aromatic heterocycles. The van der Waals surface area contributed by atoms with E-state index >= 15 is 0 Å². The molecular weight excluding hydrogens is 376 g/mol. The van der Waals surface area contributed by atoms with E-state index in [0.29, 0.717) is 6.61 Å². The predicted octanol–water partition coefficient (Wildman–Crippen LogP) is 6.85. The number of ether oxygens (including phenoxy) is 1. The van der Waals surface area contributed by atoms with Gasteiger partial charge in [0.25, 0.3) is 0 Å². The molecule has 1 N–H and O–H groups in total. The summed E-state index contributed by atoms with van der Waals surface area (Å²) >= 11 is 1.74. The molecule has 2 heterocycles. The molecule has 0 fully saturated rings. The van der Waals surface area contributed by atoms with Crippen LogP contribution in [0.25, 0.3) is 33.3 Å². The summed E-state index contributed by atoms with van der Waals surface area (Å²) in [6.45, 7) is 2.65. The van der Waals surface area contributed by atoms with E-state index in [1.165, 1.54) is 10.4 Å². The van der Waals surface area contributed by atoms with Gasteiger partial charge in [0, 0.05) is 21.4 Å². The van der Waals surface area contributed by atoms with Crippen molar-refractivity contribution in [2.24, 2.45) is 0 Å². The Morgan fingerprint density at radius 3 is 2.55 bits per heavy atom. The molecule has 0 amide bonds. The summed E-state index contributed by atoms with van der Waals surface area (Å²) in [7, 11) is 0. The van der Waals surface area contributed by atoms with Gasteiger partial charge in [-0.1, -0.05) is 60.7 Å². The van der Waals surface area contributed by atoms with Crippen molar-refractivity contribution in [2.75, 3.05) is 0 Å². The van der Waals surface area contributed by atoms with E-state index in [1.807, 2.05) is 24.3 Å².